The second-order valence-corrected chi connectivity index (χ2v) is 11.2. The quantitative estimate of drug-likeness (QED) is 0.550. The summed E-state index contributed by atoms with van der Waals surface area (Å²) in [4.78, 5) is 45.2. The van der Waals surface area contributed by atoms with Gasteiger partial charge in [-0.25, -0.2) is 9.97 Å². The molecule has 0 radical (unpaired) electrons. The number of carbonyl (C=O) groups excluding carboxylic acids is 2. The molecule has 1 aliphatic heterocycles. The van der Waals surface area contributed by atoms with Crippen LogP contribution in [0.2, 0.25) is 0 Å². The Bertz CT molecular complexity index is 1160. The van der Waals surface area contributed by atoms with E-state index in [0.717, 1.165) is 10.6 Å². The molecule has 3 aromatic rings. The molecule has 1 amide bonds. The minimum atomic E-state index is -0.136. The third-order valence-electron chi connectivity index (χ3n) is 5.58. The van der Waals surface area contributed by atoms with E-state index < -0.39 is 0 Å². The van der Waals surface area contributed by atoms with Crippen molar-refractivity contribution < 1.29 is 9.59 Å². The molecule has 4 rings (SSSR count). The van der Waals surface area contributed by atoms with Crippen LogP contribution in [0, 0.1) is 18.3 Å². The summed E-state index contributed by atoms with van der Waals surface area (Å²) < 4.78 is 0.698. The molecule has 0 saturated carbocycles. The molecular weight excluding hydrogens is 436 g/mol. The number of anilines is 1. The van der Waals surface area contributed by atoms with Crippen LogP contribution in [-0.2, 0) is 4.79 Å². The zero-order valence-corrected chi connectivity index (χ0v) is 20.6. The number of thiazole rings is 1. The highest BCUT2D eigenvalue weighted by atomic mass is 32.1. The first-order chi connectivity index (χ1) is 15.6. The van der Waals surface area contributed by atoms with Crippen molar-refractivity contribution >= 4 is 39.3 Å². The fraction of sp³-hybridized carbons (Fsp3) is 0.500. The molecule has 0 spiro atoms. The first-order valence-electron chi connectivity index (χ1n) is 11.2. The smallest absolute Gasteiger partial charge is 0.274 e. The molecule has 0 bridgehead atoms. The van der Waals surface area contributed by atoms with Crippen molar-refractivity contribution in [1.82, 2.24) is 24.8 Å². The Balaban J connectivity index is 1.49. The Kier molecular flexibility index (Phi) is 6.43. The summed E-state index contributed by atoms with van der Waals surface area (Å²) in [7, 11) is 0. The molecule has 8 nitrogen and oxygen atoms in total. The number of Topliss-reactive ketones (excluding diaryl/α,β-unsaturated/α-hetero) is 1. The van der Waals surface area contributed by atoms with Crippen molar-refractivity contribution in [2.24, 2.45) is 11.3 Å². The number of fused-ring (bicyclic) bond motifs is 1. The lowest BCUT2D eigenvalue weighted by Gasteiger charge is -2.39. The molecule has 0 unspecified atom stereocenters. The molecule has 9 heteroatoms. The fourth-order valence-corrected chi connectivity index (χ4v) is 4.89. The summed E-state index contributed by atoms with van der Waals surface area (Å²) in [5, 5.41) is 4.11. The predicted molar refractivity (Wildman–Crippen MR) is 129 cm³/mol. The van der Waals surface area contributed by atoms with Gasteiger partial charge in [-0.05, 0) is 30.9 Å². The summed E-state index contributed by atoms with van der Waals surface area (Å²) >= 11 is 1.43. The molecule has 4 heterocycles. The van der Waals surface area contributed by atoms with Gasteiger partial charge < -0.3 is 10.2 Å². The van der Waals surface area contributed by atoms with E-state index in [1.54, 1.807) is 17.3 Å². The number of nitrogens with zero attached hydrogens (tertiary/aromatic N) is 5. The van der Waals surface area contributed by atoms with Crippen LogP contribution in [-0.4, -0.2) is 49.6 Å². The molecule has 1 fully saturated rings. The molecule has 174 valence electrons. The van der Waals surface area contributed by atoms with Crippen molar-refractivity contribution in [3.8, 4) is 0 Å². The minimum Gasteiger partial charge on any atom is -0.348 e. The fourth-order valence-electron chi connectivity index (χ4n) is 4.05. The van der Waals surface area contributed by atoms with Crippen molar-refractivity contribution in [2.45, 2.75) is 53.5 Å². The number of pyridine rings is 1. The topological polar surface area (TPSA) is 101 Å². The molecule has 0 aliphatic carbocycles. The van der Waals surface area contributed by atoms with Crippen LogP contribution in [0.25, 0.3) is 10.3 Å². The Morgan fingerprint density at radius 3 is 2.67 bits per heavy atom. The summed E-state index contributed by atoms with van der Waals surface area (Å²) in [6, 6.07) is 3.77. The van der Waals surface area contributed by atoms with Gasteiger partial charge in [-0.1, -0.05) is 26.8 Å². The molecular formula is C24H30N6O2S. The SMILES string of the molecule is Cc1nc2nc(N[C@@H](C)c3cccnc3)nc(C(=O)N3CC(CC(=O)CC(C)(C)C)C3)c2s1. The number of rotatable bonds is 7. The van der Waals surface area contributed by atoms with Gasteiger partial charge in [0, 0.05) is 44.2 Å². The maximum absolute atomic E-state index is 13.3. The van der Waals surface area contributed by atoms with Crippen molar-refractivity contribution in [1.29, 1.82) is 0 Å². The number of aryl methyl sites for hydroxylation is 1. The Morgan fingerprint density at radius 1 is 1.24 bits per heavy atom. The van der Waals surface area contributed by atoms with Gasteiger partial charge >= 0.3 is 0 Å². The molecule has 33 heavy (non-hydrogen) atoms. The number of aromatic nitrogens is 4. The van der Waals surface area contributed by atoms with Gasteiger partial charge in [0.1, 0.15) is 10.5 Å². The maximum Gasteiger partial charge on any atom is 0.274 e. The third kappa shape index (κ3) is 5.52. The van der Waals surface area contributed by atoms with Crippen LogP contribution >= 0.6 is 11.3 Å². The highest BCUT2D eigenvalue weighted by Gasteiger charge is 2.35. The molecule has 1 N–H and O–H groups in total. The lowest BCUT2D eigenvalue weighted by Crippen LogP contribution is -2.50. The number of amides is 1. The van der Waals surface area contributed by atoms with Crippen molar-refractivity contribution in [2.75, 3.05) is 18.4 Å². The number of nitrogens with one attached hydrogen (secondary N) is 1. The van der Waals surface area contributed by atoms with Gasteiger partial charge in [0.25, 0.3) is 5.91 Å². The zero-order chi connectivity index (χ0) is 23.8. The van der Waals surface area contributed by atoms with E-state index in [0.29, 0.717) is 47.9 Å². The molecule has 1 saturated heterocycles. The summed E-state index contributed by atoms with van der Waals surface area (Å²) in [5.74, 6) is 0.707. The van der Waals surface area contributed by atoms with Gasteiger partial charge in [0.15, 0.2) is 11.3 Å². The van der Waals surface area contributed by atoms with E-state index in [1.165, 1.54) is 11.3 Å². The first kappa shape index (κ1) is 23.2. The van der Waals surface area contributed by atoms with Crippen molar-refractivity contribution in [3.05, 3.63) is 40.8 Å². The average Bonchev–Trinajstić information content (AvgIpc) is 3.08. The number of carbonyl (C=O) groups is 2. The number of likely N-dealkylation sites (tertiary alicyclic amines) is 1. The lowest BCUT2D eigenvalue weighted by atomic mass is 9.85. The summed E-state index contributed by atoms with van der Waals surface area (Å²) in [5.41, 5.74) is 1.87. The van der Waals surface area contributed by atoms with Crippen LogP contribution in [0.5, 0.6) is 0 Å². The van der Waals surface area contributed by atoms with Crippen LogP contribution in [0.1, 0.15) is 67.6 Å². The first-order valence-corrected chi connectivity index (χ1v) is 12.0. The van der Waals surface area contributed by atoms with Gasteiger partial charge in [-0.15, -0.1) is 11.3 Å². The standard InChI is InChI=1S/C24H30N6O2S/c1-14(17-7-6-8-25-11-17)26-23-28-19(20-21(29-23)27-15(2)33-20)22(32)30-12-16(13-30)9-18(31)10-24(3,4)5/h6-8,11,14,16H,9-10,12-13H2,1-5H3,(H,26,28,29)/t14-/m0/s1. The highest BCUT2D eigenvalue weighted by Crippen LogP contribution is 2.30. The monoisotopic (exact) mass is 466 g/mol. The van der Waals surface area contributed by atoms with E-state index in [4.69, 9.17) is 0 Å². The molecule has 1 aliphatic rings. The van der Waals surface area contributed by atoms with Gasteiger partial charge in [-0.3, -0.25) is 14.6 Å². The van der Waals surface area contributed by atoms with Crippen LogP contribution in [0.4, 0.5) is 5.95 Å². The van der Waals surface area contributed by atoms with Gasteiger partial charge in [-0.2, -0.15) is 4.98 Å². The van der Waals surface area contributed by atoms with Gasteiger partial charge in [0.05, 0.1) is 11.0 Å². The van der Waals surface area contributed by atoms with E-state index in [9.17, 15) is 9.59 Å². The van der Waals surface area contributed by atoms with E-state index in [2.05, 4.69) is 46.0 Å². The second kappa shape index (κ2) is 9.13. The molecule has 3 aromatic heterocycles. The summed E-state index contributed by atoms with van der Waals surface area (Å²) in [6.45, 7) is 11.2. The maximum atomic E-state index is 13.3. The number of hydrogen-bond donors (Lipinski definition) is 1. The Labute approximate surface area is 197 Å². The van der Waals surface area contributed by atoms with Crippen LogP contribution in [0.15, 0.2) is 24.5 Å². The Morgan fingerprint density at radius 2 is 2.00 bits per heavy atom. The van der Waals surface area contributed by atoms with Crippen molar-refractivity contribution in [3.63, 3.8) is 0 Å². The normalized spacial score (nSPS) is 15.4. The highest BCUT2D eigenvalue weighted by molar-refractivity contribution is 7.18. The van der Waals surface area contributed by atoms with Crippen LogP contribution in [0.3, 0.4) is 0 Å². The van der Waals surface area contributed by atoms with E-state index >= 15 is 0 Å². The third-order valence-corrected chi connectivity index (χ3v) is 6.55. The van der Waals surface area contributed by atoms with Gasteiger partial charge in [0.2, 0.25) is 5.95 Å². The predicted octanol–water partition coefficient (Wildman–Crippen LogP) is 4.43. The average molecular weight is 467 g/mol. The largest absolute Gasteiger partial charge is 0.348 e. The number of hydrogen-bond acceptors (Lipinski definition) is 8. The molecule has 1 atom stereocenters. The zero-order valence-electron chi connectivity index (χ0n) is 19.8. The summed E-state index contributed by atoms with van der Waals surface area (Å²) in [6.07, 6.45) is 4.60. The molecule has 0 aromatic carbocycles. The van der Waals surface area contributed by atoms with E-state index in [-0.39, 0.29) is 29.1 Å². The second-order valence-electron chi connectivity index (χ2n) is 9.99. The lowest BCUT2D eigenvalue weighted by molar-refractivity contribution is -0.122. The van der Waals surface area contributed by atoms with Crippen LogP contribution < -0.4 is 5.32 Å². The number of ketones is 1. The minimum absolute atomic E-state index is 0.0106. The van der Waals surface area contributed by atoms with E-state index in [1.807, 2.05) is 26.0 Å². The Hall–Kier alpha value is -2.94.